The zero-order valence-corrected chi connectivity index (χ0v) is 9.15. The first-order valence-electron chi connectivity index (χ1n) is 4.52. The second-order valence-electron chi connectivity index (χ2n) is 3.11. The Morgan fingerprint density at radius 1 is 1.50 bits per heavy atom. The van der Waals surface area contributed by atoms with Crippen LogP contribution in [0.4, 0.5) is 5.95 Å². The van der Waals surface area contributed by atoms with E-state index < -0.39 is 0 Å². The Balaban J connectivity index is 2.28. The Hall–Kier alpha value is -1.88. The van der Waals surface area contributed by atoms with Crippen LogP contribution in [0.15, 0.2) is 28.8 Å². The molecule has 0 spiro atoms. The minimum Gasteiger partial charge on any atom is -0.332 e. The van der Waals surface area contributed by atoms with E-state index in [2.05, 4.69) is 15.5 Å². The molecule has 0 aliphatic carbocycles. The van der Waals surface area contributed by atoms with Crippen LogP contribution >= 0.6 is 11.6 Å². The van der Waals surface area contributed by atoms with Crippen molar-refractivity contribution in [3.8, 4) is 11.5 Å². The van der Waals surface area contributed by atoms with Gasteiger partial charge in [-0.25, -0.2) is 0 Å². The Bertz CT molecular complexity index is 524. The number of carbonyl (C=O) groups excluding carboxylic acids is 1. The fourth-order valence-corrected chi connectivity index (χ4v) is 1.36. The van der Waals surface area contributed by atoms with Crippen molar-refractivity contribution >= 4 is 23.5 Å². The summed E-state index contributed by atoms with van der Waals surface area (Å²) in [6.07, 6.45) is 0. The number of carbonyl (C=O) groups is 1. The molecule has 0 saturated carbocycles. The summed E-state index contributed by atoms with van der Waals surface area (Å²) in [6, 6.07) is 7.01. The second-order valence-corrected chi connectivity index (χ2v) is 3.55. The van der Waals surface area contributed by atoms with E-state index >= 15 is 0 Å². The van der Waals surface area contributed by atoms with E-state index in [1.165, 1.54) is 6.92 Å². The average Bonchev–Trinajstić information content (AvgIpc) is 2.65. The molecule has 0 saturated heterocycles. The molecule has 1 N–H and O–H groups in total. The van der Waals surface area contributed by atoms with E-state index in [-0.39, 0.29) is 11.9 Å². The molecule has 0 unspecified atom stereocenters. The molecule has 5 nitrogen and oxygen atoms in total. The topological polar surface area (TPSA) is 68.0 Å². The Morgan fingerprint density at radius 3 is 3.00 bits per heavy atom. The molecule has 16 heavy (non-hydrogen) atoms. The summed E-state index contributed by atoms with van der Waals surface area (Å²) >= 11 is 5.83. The van der Waals surface area contributed by atoms with Crippen molar-refractivity contribution < 1.29 is 9.32 Å². The summed E-state index contributed by atoms with van der Waals surface area (Å²) in [5.41, 5.74) is 0.705. The molecule has 0 aliphatic rings. The average molecular weight is 238 g/mol. The maximum absolute atomic E-state index is 10.8. The van der Waals surface area contributed by atoms with Crippen LogP contribution < -0.4 is 5.32 Å². The van der Waals surface area contributed by atoms with Gasteiger partial charge in [-0.1, -0.05) is 17.7 Å². The molecule has 2 aromatic rings. The van der Waals surface area contributed by atoms with Gasteiger partial charge in [0.1, 0.15) is 0 Å². The molecule has 0 bridgehead atoms. The first-order chi connectivity index (χ1) is 7.65. The van der Waals surface area contributed by atoms with Crippen LogP contribution in [0.1, 0.15) is 6.92 Å². The summed E-state index contributed by atoms with van der Waals surface area (Å²) in [5.74, 6) is 0.201. The summed E-state index contributed by atoms with van der Waals surface area (Å²) in [4.78, 5) is 14.8. The van der Waals surface area contributed by atoms with Gasteiger partial charge in [0.25, 0.3) is 11.8 Å². The highest BCUT2D eigenvalue weighted by Crippen LogP contribution is 2.21. The molecule has 0 atom stereocenters. The SMILES string of the molecule is CC(=O)Nc1noc(-c2cccc(Cl)c2)n1. The number of nitrogens with one attached hydrogen (secondary N) is 1. The predicted octanol–water partition coefficient (Wildman–Crippen LogP) is 2.35. The number of nitrogens with zero attached hydrogens (tertiary/aromatic N) is 2. The third kappa shape index (κ3) is 2.38. The van der Waals surface area contributed by atoms with Gasteiger partial charge in [-0.2, -0.15) is 4.98 Å². The molecule has 0 aliphatic heterocycles. The van der Waals surface area contributed by atoms with E-state index in [9.17, 15) is 4.79 Å². The van der Waals surface area contributed by atoms with E-state index in [1.807, 2.05) is 0 Å². The van der Waals surface area contributed by atoms with Crippen LogP contribution in [-0.4, -0.2) is 16.0 Å². The molecule has 1 aromatic heterocycles. The lowest BCUT2D eigenvalue weighted by Gasteiger charge is -1.93. The first kappa shape index (κ1) is 10.6. The summed E-state index contributed by atoms with van der Waals surface area (Å²) in [7, 11) is 0. The highest BCUT2D eigenvalue weighted by Gasteiger charge is 2.09. The van der Waals surface area contributed by atoms with Crippen molar-refractivity contribution in [2.24, 2.45) is 0 Å². The molecule has 1 amide bonds. The predicted molar refractivity (Wildman–Crippen MR) is 59.0 cm³/mol. The molecule has 6 heteroatoms. The summed E-state index contributed by atoms with van der Waals surface area (Å²) in [5, 5.41) is 6.60. The van der Waals surface area contributed by atoms with Crippen molar-refractivity contribution in [2.75, 3.05) is 5.32 Å². The van der Waals surface area contributed by atoms with Crippen LogP contribution in [0.5, 0.6) is 0 Å². The van der Waals surface area contributed by atoms with Crippen molar-refractivity contribution in [1.29, 1.82) is 0 Å². The molecule has 82 valence electrons. The molecular weight excluding hydrogens is 230 g/mol. The number of halogens is 1. The lowest BCUT2D eigenvalue weighted by Crippen LogP contribution is -2.06. The molecule has 1 heterocycles. The largest absolute Gasteiger partial charge is 0.332 e. The van der Waals surface area contributed by atoms with Crippen LogP contribution in [0, 0.1) is 0 Å². The van der Waals surface area contributed by atoms with Crippen molar-refractivity contribution in [3.05, 3.63) is 29.3 Å². The zero-order chi connectivity index (χ0) is 11.5. The standard InChI is InChI=1S/C10H8ClN3O2/c1-6(15)12-10-13-9(16-14-10)7-3-2-4-8(11)5-7/h2-5H,1H3,(H,12,14,15). The number of amides is 1. The number of rotatable bonds is 2. The smallest absolute Gasteiger partial charge is 0.270 e. The highest BCUT2D eigenvalue weighted by atomic mass is 35.5. The third-order valence-corrected chi connectivity index (χ3v) is 2.02. The molecule has 1 aromatic carbocycles. The van der Waals surface area contributed by atoms with Crippen molar-refractivity contribution in [2.45, 2.75) is 6.92 Å². The van der Waals surface area contributed by atoms with Gasteiger partial charge in [-0.3, -0.25) is 10.1 Å². The summed E-state index contributed by atoms with van der Waals surface area (Å²) in [6.45, 7) is 1.37. The van der Waals surface area contributed by atoms with Crippen molar-refractivity contribution in [3.63, 3.8) is 0 Å². The monoisotopic (exact) mass is 237 g/mol. The van der Waals surface area contributed by atoms with E-state index in [0.29, 0.717) is 16.5 Å². The first-order valence-corrected chi connectivity index (χ1v) is 4.90. The third-order valence-electron chi connectivity index (χ3n) is 1.79. The molecule has 2 rings (SSSR count). The molecular formula is C10H8ClN3O2. The van der Waals surface area contributed by atoms with Gasteiger partial charge in [0.15, 0.2) is 0 Å². The lowest BCUT2D eigenvalue weighted by atomic mass is 10.2. The van der Waals surface area contributed by atoms with Crippen LogP contribution in [0.2, 0.25) is 5.02 Å². The minimum absolute atomic E-state index is 0.141. The van der Waals surface area contributed by atoms with Gasteiger partial charge in [0.2, 0.25) is 5.91 Å². The Morgan fingerprint density at radius 2 is 2.31 bits per heavy atom. The van der Waals surface area contributed by atoms with Crippen LogP contribution in [0.3, 0.4) is 0 Å². The quantitative estimate of drug-likeness (QED) is 0.871. The zero-order valence-electron chi connectivity index (χ0n) is 8.40. The van der Waals surface area contributed by atoms with Gasteiger partial charge in [-0.05, 0) is 23.4 Å². The van der Waals surface area contributed by atoms with E-state index in [4.69, 9.17) is 16.1 Å². The van der Waals surface area contributed by atoms with Crippen LogP contribution in [0.25, 0.3) is 11.5 Å². The maximum atomic E-state index is 10.8. The lowest BCUT2D eigenvalue weighted by molar-refractivity contribution is -0.114. The number of aromatic nitrogens is 2. The number of hydrogen-bond acceptors (Lipinski definition) is 4. The normalized spacial score (nSPS) is 10.1. The second kappa shape index (κ2) is 4.32. The van der Waals surface area contributed by atoms with Crippen molar-refractivity contribution in [1.82, 2.24) is 10.1 Å². The van der Waals surface area contributed by atoms with Gasteiger partial charge in [0.05, 0.1) is 0 Å². The summed E-state index contributed by atoms with van der Waals surface area (Å²) < 4.78 is 4.97. The molecule has 0 fully saturated rings. The maximum Gasteiger partial charge on any atom is 0.270 e. The van der Waals surface area contributed by atoms with Crippen LogP contribution in [-0.2, 0) is 4.79 Å². The number of hydrogen-bond donors (Lipinski definition) is 1. The van der Waals surface area contributed by atoms with E-state index in [0.717, 1.165) is 0 Å². The fourth-order valence-electron chi connectivity index (χ4n) is 1.17. The Kier molecular flexibility index (Phi) is 2.87. The minimum atomic E-state index is -0.251. The van der Waals surface area contributed by atoms with E-state index in [1.54, 1.807) is 24.3 Å². The highest BCUT2D eigenvalue weighted by molar-refractivity contribution is 6.30. The fraction of sp³-hybridized carbons (Fsp3) is 0.100. The van der Waals surface area contributed by atoms with Gasteiger partial charge >= 0.3 is 0 Å². The van der Waals surface area contributed by atoms with Gasteiger partial charge in [0, 0.05) is 17.5 Å². The van der Waals surface area contributed by atoms with Gasteiger partial charge in [-0.15, -0.1) is 0 Å². The molecule has 0 radical (unpaired) electrons. The Labute approximate surface area is 96.4 Å². The number of benzene rings is 1. The van der Waals surface area contributed by atoms with Gasteiger partial charge < -0.3 is 4.52 Å². The number of anilines is 1.